The van der Waals surface area contributed by atoms with E-state index in [0.717, 1.165) is 47.1 Å². The summed E-state index contributed by atoms with van der Waals surface area (Å²) in [5, 5.41) is 10.0. The van der Waals surface area contributed by atoms with Gasteiger partial charge in [-0.25, -0.2) is 4.98 Å². The zero-order valence-electron chi connectivity index (χ0n) is 13.1. The maximum atomic E-state index is 10.8. The molecule has 0 aliphatic carbocycles. The molecule has 23 heavy (non-hydrogen) atoms. The molecule has 0 amide bonds. The van der Waals surface area contributed by atoms with E-state index in [-0.39, 0.29) is 6.54 Å². The summed E-state index contributed by atoms with van der Waals surface area (Å²) in [5.41, 5.74) is 0.982. The molecule has 2 aromatic rings. The summed E-state index contributed by atoms with van der Waals surface area (Å²) in [6.07, 6.45) is 1.92. The third kappa shape index (κ3) is 3.64. The number of aliphatic carboxylic acids is 1. The summed E-state index contributed by atoms with van der Waals surface area (Å²) in [6, 6.07) is 10.6. The molecule has 1 aromatic carbocycles. The van der Waals surface area contributed by atoms with Gasteiger partial charge in [0.25, 0.3) is 0 Å². The van der Waals surface area contributed by atoms with Crippen LogP contribution >= 0.6 is 15.9 Å². The number of carboxylic acid groups (broad SMARTS) is 1. The molecule has 1 aliphatic heterocycles. The molecule has 6 heteroatoms. The van der Waals surface area contributed by atoms with Crippen LogP contribution in [0.15, 0.2) is 34.8 Å². The zero-order valence-corrected chi connectivity index (χ0v) is 14.7. The molecule has 2 heterocycles. The second-order valence-corrected chi connectivity index (χ2v) is 6.86. The van der Waals surface area contributed by atoms with E-state index in [4.69, 9.17) is 10.1 Å². The minimum Gasteiger partial charge on any atom is -0.480 e. The van der Waals surface area contributed by atoms with Crippen molar-refractivity contribution in [3.8, 4) is 0 Å². The van der Waals surface area contributed by atoms with Crippen molar-refractivity contribution in [2.75, 3.05) is 31.6 Å². The van der Waals surface area contributed by atoms with Crippen LogP contribution in [0, 0.1) is 0 Å². The topological polar surface area (TPSA) is 56.7 Å². The third-order valence-electron chi connectivity index (χ3n) is 4.45. The van der Waals surface area contributed by atoms with Crippen LogP contribution in [-0.4, -0.2) is 53.7 Å². The van der Waals surface area contributed by atoms with Crippen molar-refractivity contribution in [2.45, 2.75) is 18.9 Å². The van der Waals surface area contributed by atoms with Crippen molar-refractivity contribution < 1.29 is 9.90 Å². The van der Waals surface area contributed by atoms with Gasteiger partial charge in [0.15, 0.2) is 0 Å². The lowest BCUT2D eigenvalue weighted by Gasteiger charge is -2.36. The summed E-state index contributed by atoms with van der Waals surface area (Å²) in [5.74, 6) is 0.222. The van der Waals surface area contributed by atoms with E-state index in [1.165, 1.54) is 0 Å². The van der Waals surface area contributed by atoms with E-state index < -0.39 is 5.97 Å². The highest BCUT2D eigenvalue weighted by Gasteiger charge is 2.24. The highest BCUT2D eigenvalue weighted by molar-refractivity contribution is 9.10. The number of aromatic nitrogens is 1. The molecule has 0 radical (unpaired) electrons. The Morgan fingerprint density at radius 2 is 2.09 bits per heavy atom. The van der Waals surface area contributed by atoms with Crippen molar-refractivity contribution in [3.63, 3.8) is 0 Å². The Bertz CT molecular complexity index is 714. The first-order valence-electron chi connectivity index (χ1n) is 7.77. The fourth-order valence-corrected chi connectivity index (χ4v) is 3.63. The molecule has 0 bridgehead atoms. The molecule has 1 N–H and O–H groups in total. The molecule has 0 saturated carbocycles. The number of benzene rings is 1. The maximum absolute atomic E-state index is 10.8. The summed E-state index contributed by atoms with van der Waals surface area (Å²) < 4.78 is 1.01. The summed E-state index contributed by atoms with van der Waals surface area (Å²) in [7, 11) is 1.89. The first-order chi connectivity index (χ1) is 11.0. The molecule has 1 saturated heterocycles. The Labute approximate surface area is 144 Å². The van der Waals surface area contributed by atoms with Gasteiger partial charge >= 0.3 is 5.97 Å². The smallest absolute Gasteiger partial charge is 0.317 e. The third-order valence-corrected chi connectivity index (χ3v) is 5.09. The number of carboxylic acids is 1. The number of anilines is 1. The van der Waals surface area contributed by atoms with Crippen molar-refractivity contribution in [2.24, 2.45) is 0 Å². The van der Waals surface area contributed by atoms with Crippen LogP contribution in [0.2, 0.25) is 0 Å². The molecule has 0 unspecified atom stereocenters. The van der Waals surface area contributed by atoms with E-state index in [0.29, 0.717) is 6.04 Å². The van der Waals surface area contributed by atoms with Gasteiger partial charge in [0.2, 0.25) is 0 Å². The van der Waals surface area contributed by atoms with E-state index in [1.54, 1.807) is 0 Å². The van der Waals surface area contributed by atoms with Crippen molar-refractivity contribution in [3.05, 3.63) is 34.8 Å². The van der Waals surface area contributed by atoms with Gasteiger partial charge in [-0.2, -0.15) is 0 Å². The van der Waals surface area contributed by atoms with Crippen LogP contribution in [-0.2, 0) is 4.79 Å². The number of rotatable bonds is 4. The average Bonchev–Trinajstić information content (AvgIpc) is 2.54. The van der Waals surface area contributed by atoms with Gasteiger partial charge in [-0.1, -0.05) is 12.1 Å². The molecular formula is C17H20BrN3O2. The largest absolute Gasteiger partial charge is 0.480 e. The van der Waals surface area contributed by atoms with Gasteiger partial charge in [-0.3, -0.25) is 9.69 Å². The van der Waals surface area contributed by atoms with E-state index in [1.807, 2.05) is 24.1 Å². The molecule has 5 nitrogen and oxygen atoms in total. The minimum atomic E-state index is -0.768. The van der Waals surface area contributed by atoms with E-state index in [2.05, 4.69) is 39.0 Å². The summed E-state index contributed by atoms with van der Waals surface area (Å²) in [4.78, 5) is 19.8. The number of hydrogen-bond donors (Lipinski definition) is 1. The van der Waals surface area contributed by atoms with Gasteiger partial charge in [0, 0.05) is 29.0 Å². The Hall–Kier alpha value is -1.66. The lowest BCUT2D eigenvalue weighted by Crippen LogP contribution is -2.45. The lowest BCUT2D eigenvalue weighted by atomic mass is 10.0. The van der Waals surface area contributed by atoms with Crippen LogP contribution in [0.4, 0.5) is 5.82 Å². The van der Waals surface area contributed by atoms with Crippen molar-refractivity contribution >= 4 is 38.6 Å². The van der Waals surface area contributed by atoms with Gasteiger partial charge in [-0.05, 0) is 54.0 Å². The lowest BCUT2D eigenvalue weighted by molar-refractivity contribution is -0.138. The second kappa shape index (κ2) is 6.84. The minimum absolute atomic E-state index is 0.103. The van der Waals surface area contributed by atoms with Gasteiger partial charge in [0.1, 0.15) is 5.82 Å². The first-order valence-corrected chi connectivity index (χ1v) is 8.56. The summed E-state index contributed by atoms with van der Waals surface area (Å²) >= 11 is 3.56. The number of para-hydroxylation sites is 1. The quantitative estimate of drug-likeness (QED) is 0.887. The Morgan fingerprint density at radius 1 is 1.35 bits per heavy atom. The van der Waals surface area contributed by atoms with Gasteiger partial charge < -0.3 is 10.0 Å². The second-order valence-electron chi connectivity index (χ2n) is 6.01. The first kappa shape index (κ1) is 16.2. The van der Waals surface area contributed by atoms with Crippen LogP contribution in [0.3, 0.4) is 0 Å². The standard InChI is InChI=1S/C17H20BrN3O2/c1-20(11-16(22)23)13-7-9-21(10-8-13)15-6-5-12-3-2-4-14(18)17(12)19-15/h2-6,13H,7-11H2,1H3,(H,22,23). The van der Waals surface area contributed by atoms with E-state index >= 15 is 0 Å². The average molecular weight is 378 g/mol. The SMILES string of the molecule is CN(CC(=O)O)C1CCN(c2ccc3cccc(Br)c3n2)CC1. The number of fused-ring (bicyclic) bond motifs is 1. The molecule has 3 rings (SSSR count). The molecule has 122 valence electrons. The predicted octanol–water partition coefficient (Wildman–Crippen LogP) is 2.98. The zero-order chi connectivity index (χ0) is 16.4. The molecule has 0 spiro atoms. The van der Waals surface area contributed by atoms with Crippen LogP contribution in [0.25, 0.3) is 10.9 Å². The number of nitrogens with zero attached hydrogens (tertiary/aromatic N) is 3. The monoisotopic (exact) mass is 377 g/mol. The highest BCUT2D eigenvalue weighted by atomic mass is 79.9. The predicted molar refractivity (Wildman–Crippen MR) is 94.9 cm³/mol. The molecular weight excluding hydrogens is 358 g/mol. The Balaban J connectivity index is 1.70. The fraction of sp³-hybridized carbons (Fsp3) is 0.412. The number of likely N-dealkylation sites (N-methyl/N-ethyl adjacent to an activating group) is 1. The maximum Gasteiger partial charge on any atom is 0.317 e. The number of pyridine rings is 1. The van der Waals surface area contributed by atoms with Crippen molar-refractivity contribution in [1.29, 1.82) is 0 Å². The fourth-order valence-electron chi connectivity index (χ4n) is 3.15. The molecule has 1 aromatic heterocycles. The van der Waals surface area contributed by atoms with Crippen LogP contribution in [0.1, 0.15) is 12.8 Å². The Kier molecular flexibility index (Phi) is 4.82. The van der Waals surface area contributed by atoms with Crippen molar-refractivity contribution in [1.82, 2.24) is 9.88 Å². The Morgan fingerprint density at radius 3 is 2.78 bits per heavy atom. The van der Waals surface area contributed by atoms with Crippen LogP contribution < -0.4 is 4.90 Å². The number of halogens is 1. The highest BCUT2D eigenvalue weighted by Crippen LogP contribution is 2.26. The molecule has 1 fully saturated rings. The van der Waals surface area contributed by atoms with E-state index in [9.17, 15) is 4.79 Å². The number of carbonyl (C=O) groups is 1. The summed E-state index contributed by atoms with van der Waals surface area (Å²) in [6.45, 7) is 1.90. The van der Waals surface area contributed by atoms with Gasteiger partial charge in [-0.15, -0.1) is 0 Å². The number of piperidine rings is 1. The normalized spacial score (nSPS) is 16.2. The van der Waals surface area contributed by atoms with Gasteiger partial charge in [0.05, 0.1) is 12.1 Å². The number of hydrogen-bond acceptors (Lipinski definition) is 4. The molecule has 1 aliphatic rings. The molecule has 0 atom stereocenters. The van der Waals surface area contributed by atoms with Crippen LogP contribution in [0.5, 0.6) is 0 Å².